The second-order valence-corrected chi connectivity index (χ2v) is 8.56. The van der Waals surface area contributed by atoms with Gasteiger partial charge < -0.3 is 10.1 Å². The first kappa shape index (κ1) is 21.2. The maximum Gasteiger partial charge on any atom is 0.265 e. The van der Waals surface area contributed by atoms with E-state index < -0.39 is 6.43 Å². The van der Waals surface area contributed by atoms with Crippen molar-refractivity contribution < 1.29 is 13.5 Å². The van der Waals surface area contributed by atoms with Crippen molar-refractivity contribution in [3.8, 4) is 11.1 Å². The molecule has 1 saturated carbocycles. The van der Waals surface area contributed by atoms with E-state index in [-0.39, 0.29) is 5.56 Å². The van der Waals surface area contributed by atoms with Crippen molar-refractivity contribution in [2.24, 2.45) is 0 Å². The SMILES string of the molecule is FC(F)c1cncc(-c2ccc3ncnc(N[C@H]4CC[C@H](N5CCOCC5)CC4)c3c2)c1. The van der Waals surface area contributed by atoms with Gasteiger partial charge in [0.15, 0.2) is 0 Å². The number of halogens is 2. The van der Waals surface area contributed by atoms with Gasteiger partial charge >= 0.3 is 0 Å². The number of nitrogens with one attached hydrogen (secondary N) is 1. The van der Waals surface area contributed by atoms with Crippen LogP contribution in [0.4, 0.5) is 14.6 Å². The molecular formula is C24H27F2N5O. The summed E-state index contributed by atoms with van der Waals surface area (Å²) in [5.74, 6) is 0.796. The molecule has 1 aromatic carbocycles. The zero-order chi connectivity index (χ0) is 21.9. The van der Waals surface area contributed by atoms with Crippen molar-refractivity contribution in [1.29, 1.82) is 0 Å². The third-order valence-corrected chi connectivity index (χ3v) is 6.58. The highest BCUT2D eigenvalue weighted by atomic mass is 19.3. The first-order valence-electron chi connectivity index (χ1n) is 11.2. The highest BCUT2D eigenvalue weighted by Gasteiger charge is 2.27. The van der Waals surface area contributed by atoms with Gasteiger partial charge in [-0.2, -0.15) is 0 Å². The Labute approximate surface area is 186 Å². The number of hydrogen-bond donors (Lipinski definition) is 1. The number of pyridine rings is 1. The summed E-state index contributed by atoms with van der Waals surface area (Å²) >= 11 is 0. The van der Waals surface area contributed by atoms with Crippen molar-refractivity contribution >= 4 is 16.7 Å². The quantitative estimate of drug-likeness (QED) is 0.623. The second kappa shape index (κ2) is 9.42. The molecule has 3 aromatic rings. The maximum atomic E-state index is 13.1. The van der Waals surface area contributed by atoms with E-state index in [4.69, 9.17) is 4.74 Å². The van der Waals surface area contributed by atoms with E-state index >= 15 is 0 Å². The molecule has 2 aromatic heterocycles. The molecule has 2 aliphatic rings. The van der Waals surface area contributed by atoms with E-state index in [1.54, 1.807) is 12.5 Å². The van der Waals surface area contributed by atoms with Gasteiger partial charge in [-0.05, 0) is 49.4 Å². The zero-order valence-corrected chi connectivity index (χ0v) is 17.9. The predicted molar refractivity (Wildman–Crippen MR) is 120 cm³/mol. The fourth-order valence-electron chi connectivity index (χ4n) is 4.81. The zero-order valence-electron chi connectivity index (χ0n) is 17.9. The van der Waals surface area contributed by atoms with Crippen molar-refractivity contribution in [2.75, 3.05) is 31.6 Å². The second-order valence-electron chi connectivity index (χ2n) is 8.56. The number of benzene rings is 1. The molecule has 0 amide bonds. The minimum absolute atomic E-state index is 0.0812. The number of anilines is 1. The summed E-state index contributed by atoms with van der Waals surface area (Å²) in [4.78, 5) is 15.4. The molecule has 0 spiro atoms. The molecule has 2 fully saturated rings. The molecule has 1 saturated heterocycles. The summed E-state index contributed by atoms with van der Waals surface area (Å²) in [5, 5.41) is 4.52. The van der Waals surface area contributed by atoms with Crippen LogP contribution in [0.5, 0.6) is 0 Å². The van der Waals surface area contributed by atoms with Gasteiger partial charge in [-0.15, -0.1) is 0 Å². The molecule has 0 radical (unpaired) electrons. The Bertz CT molecular complexity index is 1070. The highest BCUT2D eigenvalue weighted by molar-refractivity contribution is 5.92. The minimum atomic E-state index is -2.55. The summed E-state index contributed by atoms with van der Waals surface area (Å²) in [6.07, 6.45) is 6.35. The van der Waals surface area contributed by atoms with Crippen LogP contribution >= 0.6 is 0 Å². The average molecular weight is 440 g/mol. The number of ether oxygens (including phenoxy) is 1. The fourth-order valence-corrected chi connectivity index (χ4v) is 4.81. The number of nitrogens with zero attached hydrogens (tertiary/aromatic N) is 4. The van der Waals surface area contributed by atoms with Crippen LogP contribution in [0.2, 0.25) is 0 Å². The van der Waals surface area contributed by atoms with Crippen LogP contribution in [-0.4, -0.2) is 58.2 Å². The van der Waals surface area contributed by atoms with Crippen molar-refractivity contribution in [3.05, 3.63) is 48.5 Å². The van der Waals surface area contributed by atoms with Gasteiger partial charge in [0.25, 0.3) is 6.43 Å². The lowest BCUT2D eigenvalue weighted by Crippen LogP contribution is -2.46. The van der Waals surface area contributed by atoms with Crippen molar-refractivity contribution in [1.82, 2.24) is 19.9 Å². The Hall–Kier alpha value is -2.71. The highest BCUT2D eigenvalue weighted by Crippen LogP contribution is 2.31. The molecule has 5 rings (SSSR count). The number of morpholine rings is 1. The van der Waals surface area contributed by atoms with Crippen LogP contribution in [0.25, 0.3) is 22.0 Å². The molecule has 8 heteroatoms. The Kier molecular flexibility index (Phi) is 6.23. The number of fused-ring (bicyclic) bond motifs is 1. The largest absolute Gasteiger partial charge is 0.379 e. The van der Waals surface area contributed by atoms with E-state index in [1.807, 2.05) is 18.2 Å². The number of rotatable bonds is 5. The molecular weight excluding hydrogens is 412 g/mol. The van der Waals surface area contributed by atoms with Gasteiger partial charge in [0.05, 0.1) is 18.7 Å². The monoisotopic (exact) mass is 439 g/mol. The van der Waals surface area contributed by atoms with E-state index in [1.165, 1.54) is 12.3 Å². The topological polar surface area (TPSA) is 63.2 Å². The van der Waals surface area contributed by atoms with Crippen molar-refractivity contribution in [2.45, 2.75) is 44.2 Å². The maximum absolute atomic E-state index is 13.1. The molecule has 0 unspecified atom stereocenters. The first-order valence-corrected chi connectivity index (χ1v) is 11.2. The van der Waals surface area contributed by atoms with Crippen LogP contribution in [0.15, 0.2) is 43.0 Å². The standard InChI is InChI=1S/C24H27F2N5O/c25-23(26)18-11-17(13-27-14-18)16-1-6-22-21(12-16)24(29-15-28-22)30-19-2-4-20(5-3-19)31-7-9-32-10-8-31/h1,6,11-15,19-20,23H,2-5,7-10H2,(H,28,29,30)/t19-,20-. The molecule has 3 heterocycles. The van der Waals surface area contributed by atoms with Crippen LogP contribution in [-0.2, 0) is 4.74 Å². The average Bonchev–Trinajstić information content (AvgIpc) is 2.85. The van der Waals surface area contributed by atoms with Crippen LogP contribution in [0, 0.1) is 0 Å². The van der Waals surface area contributed by atoms with E-state index in [2.05, 4.69) is 25.2 Å². The summed E-state index contributed by atoms with van der Waals surface area (Å²) < 4.78 is 31.7. The number of aromatic nitrogens is 3. The third kappa shape index (κ3) is 4.56. The summed E-state index contributed by atoms with van der Waals surface area (Å²) in [5.41, 5.74) is 2.22. The molecule has 0 bridgehead atoms. The van der Waals surface area contributed by atoms with Gasteiger partial charge in [0, 0.05) is 54.1 Å². The van der Waals surface area contributed by atoms with Gasteiger partial charge in [0.1, 0.15) is 12.1 Å². The van der Waals surface area contributed by atoms with Crippen LogP contribution < -0.4 is 5.32 Å². The van der Waals surface area contributed by atoms with E-state index in [0.717, 1.165) is 74.3 Å². The Morgan fingerprint density at radius 1 is 0.969 bits per heavy atom. The Morgan fingerprint density at radius 3 is 2.56 bits per heavy atom. The normalized spacial score (nSPS) is 22.3. The van der Waals surface area contributed by atoms with Gasteiger partial charge in [-0.25, -0.2) is 18.7 Å². The predicted octanol–water partition coefficient (Wildman–Crippen LogP) is 4.68. The molecule has 1 aliphatic carbocycles. The number of alkyl halides is 2. The van der Waals surface area contributed by atoms with E-state index in [9.17, 15) is 8.78 Å². The summed E-state index contributed by atoms with van der Waals surface area (Å²) in [6, 6.07) is 8.24. The van der Waals surface area contributed by atoms with Crippen molar-refractivity contribution in [3.63, 3.8) is 0 Å². The number of hydrogen-bond acceptors (Lipinski definition) is 6. The minimum Gasteiger partial charge on any atom is -0.379 e. The molecule has 1 N–H and O–H groups in total. The molecule has 1 aliphatic heterocycles. The molecule has 6 nitrogen and oxygen atoms in total. The molecule has 32 heavy (non-hydrogen) atoms. The smallest absolute Gasteiger partial charge is 0.265 e. The lowest BCUT2D eigenvalue weighted by Gasteiger charge is -2.39. The Morgan fingerprint density at radius 2 is 1.78 bits per heavy atom. The lowest BCUT2D eigenvalue weighted by atomic mass is 9.90. The van der Waals surface area contributed by atoms with Gasteiger partial charge in [-0.1, -0.05) is 6.07 Å². The van der Waals surface area contributed by atoms with Crippen LogP contribution in [0.3, 0.4) is 0 Å². The lowest BCUT2D eigenvalue weighted by molar-refractivity contribution is 0.00791. The fraction of sp³-hybridized carbons (Fsp3) is 0.458. The summed E-state index contributed by atoms with van der Waals surface area (Å²) in [7, 11) is 0. The Balaban J connectivity index is 1.33. The van der Waals surface area contributed by atoms with Crippen LogP contribution in [0.1, 0.15) is 37.7 Å². The summed E-state index contributed by atoms with van der Waals surface area (Å²) in [6.45, 7) is 3.74. The molecule has 168 valence electrons. The third-order valence-electron chi connectivity index (χ3n) is 6.58. The molecule has 0 atom stereocenters. The first-order chi connectivity index (χ1) is 15.7. The van der Waals surface area contributed by atoms with Gasteiger partial charge in [0.2, 0.25) is 0 Å². The van der Waals surface area contributed by atoms with Gasteiger partial charge in [-0.3, -0.25) is 9.88 Å². The van der Waals surface area contributed by atoms with E-state index in [0.29, 0.717) is 17.6 Å².